The van der Waals surface area contributed by atoms with Gasteiger partial charge in [0.2, 0.25) is 0 Å². The highest BCUT2D eigenvalue weighted by Gasteiger charge is 2.35. The number of aromatic hydroxyl groups is 1. The molecule has 1 amide bonds. The number of pyridine rings is 1. The zero-order valence-corrected chi connectivity index (χ0v) is 15.9. The molecule has 3 heterocycles. The Morgan fingerprint density at radius 1 is 1.19 bits per heavy atom. The van der Waals surface area contributed by atoms with Crippen LogP contribution in [0.4, 0.5) is 0 Å². The summed E-state index contributed by atoms with van der Waals surface area (Å²) < 4.78 is 0.885. The van der Waals surface area contributed by atoms with Gasteiger partial charge < -0.3 is 5.11 Å². The number of carbonyl (C=O) groups excluding carboxylic acids is 1. The molecule has 3 aromatic rings. The molecule has 7 heteroatoms. The Hall–Kier alpha value is -2.51. The van der Waals surface area contributed by atoms with Crippen LogP contribution in [0, 0.1) is 0 Å². The molecule has 1 aliphatic rings. The third-order valence-electron chi connectivity index (χ3n) is 4.19. The fourth-order valence-electron chi connectivity index (χ4n) is 2.96. The molecular formula is C19H14BrN3O2S. The summed E-state index contributed by atoms with van der Waals surface area (Å²) in [6.07, 6.45) is 3.95. The molecule has 130 valence electrons. The first-order valence-corrected chi connectivity index (χ1v) is 9.59. The molecule has 0 spiro atoms. The van der Waals surface area contributed by atoms with Gasteiger partial charge in [-0.3, -0.25) is 9.78 Å². The first-order chi connectivity index (χ1) is 12.6. The topological polar surface area (TPSA) is 65.8 Å². The minimum absolute atomic E-state index is 0.158. The van der Waals surface area contributed by atoms with Gasteiger partial charge in [0.15, 0.2) is 0 Å². The third-order valence-corrected chi connectivity index (χ3v) is 5.80. The Labute approximate surface area is 162 Å². The lowest BCUT2D eigenvalue weighted by atomic mass is 9.98. The Balaban J connectivity index is 1.75. The van der Waals surface area contributed by atoms with E-state index in [1.54, 1.807) is 30.6 Å². The second-order valence-corrected chi connectivity index (χ2v) is 8.28. The molecule has 1 N–H and O–H groups in total. The van der Waals surface area contributed by atoms with E-state index in [-0.39, 0.29) is 17.7 Å². The van der Waals surface area contributed by atoms with E-state index < -0.39 is 0 Å². The van der Waals surface area contributed by atoms with Crippen LogP contribution in [0.2, 0.25) is 0 Å². The van der Waals surface area contributed by atoms with Crippen molar-refractivity contribution in [2.45, 2.75) is 12.5 Å². The number of para-hydroxylation sites is 1. The van der Waals surface area contributed by atoms with E-state index >= 15 is 0 Å². The first kappa shape index (κ1) is 16.9. The van der Waals surface area contributed by atoms with Crippen LogP contribution in [0.3, 0.4) is 0 Å². The van der Waals surface area contributed by atoms with Crippen molar-refractivity contribution >= 4 is 38.9 Å². The molecule has 0 bridgehead atoms. The summed E-state index contributed by atoms with van der Waals surface area (Å²) in [7, 11) is 0. The van der Waals surface area contributed by atoms with Gasteiger partial charge in [0.05, 0.1) is 20.4 Å². The van der Waals surface area contributed by atoms with Gasteiger partial charge in [0.25, 0.3) is 5.91 Å². The average Bonchev–Trinajstić information content (AvgIpc) is 3.29. The van der Waals surface area contributed by atoms with Gasteiger partial charge in [-0.05, 0) is 40.2 Å². The van der Waals surface area contributed by atoms with E-state index in [0.717, 1.165) is 15.1 Å². The van der Waals surface area contributed by atoms with Crippen molar-refractivity contribution in [1.82, 2.24) is 9.99 Å². The molecule has 26 heavy (non-hydrogen) atoms. The second-order valence-electron chi connectivity index (χ2n) is 5.82. The number of hydrazone groups is 1. The zero-order valence-electron chi connectivity index (χ0n) is 13.5. The molecule has 5 nitrogen and oxygen atoms in total. The van der Waals surface area contributed by atoms with E-state index in [2.05, 4.69) is 26.0 Å². The fraction of sp³-hybridized carbons (Fsp3) is 0.105. The molecule has 0 fully saturated rings. The van der Waals surface area contributed by atoms with Gasteiger partial charge in [0.1, 0.15) is 5.75 Å². The van der Waals surface area contributed by atoms with Crippen LogP contribution in [-0.2, 0) is 0 Å². The summed E-state index contributed by atoms with van der Waals surface area (Å²) in [4.78, 5) is 17.8. The number of phenolic OH excluding ortho intramolecular Hbond substituents is 1. The van der Waals surface area contributed by atoms with Crippen LogP contribution < -0.4 is 0 Å². The van der Waals surface area contributed by atoms with Crippen LogP contribution in [0.1, 0.15) is 33.3 Å². The predicted molar refractivity (Wildman–Crippen MR) is 104 cm³/mol. The fourth-order valence-corrected chi connectivity index (χ4v) is 4.28. The predicted octanol–water partition coefficient (Wildman–Crippen LogP) is 4.60. The van der Waals surface area contributed by atoms with Gasteiger partial charge in [0, 0.05) is 29.9 Å². The van der Waals surface area contributed by atoms with Crippen LogP contribution in [0.5, 0.6) is 5.75 Å². The van der Waals surface area contributed by atoms with Gasteiger partial charge in [-0.2, -0.15) is 5.10 Å². The minimum atomic E-state index is -0.361. The smallest absolute Gasteiger partial charge is 0.284 e. The highest BCUT2D eigenvalue weighted by molar-refractivity contribution is 9.11. The molecule has 0 saturated heterocycles. The van der Waals surface area contributed by atoms with Crippen LogP contribution in [-0.4, -0.2) is 26.7 Å². The van der Waals surface area contributed by atoms with E-state index in [4.69, 9.17) is 0 Å². The normalized spacial score (nSPS) is 16.6. The maximum absolute atomic E-state index is 13.0. The molecule has 0 aliphatic carbocycles. The van der Waals surface area contributed by atoms with Gasteiger partial charge >= 0.3 is 0 Å². The SMILES string of the molecule is O=C(c1ccc(Br)s1)N1N=C(c2cccnc2)CC1c1ccccc1O. The number of hydrogen-bond donors (Lipinski definition) is 1. The third kappa shape index (κ3) is 3.15. The molecule has 0 radical (unpaired) electrons. The summed E-state index contributed by atoms with van der Waals surface area (Å²) in [5, 5.41) is 16.3. The highest BCUT2D eigenvalue weighted by atomic mass is 79.9. The largest absolute Gasteiger partial charge is 0.508 e. The molecule has 1 aromatic carbocycles. The van der Waals surface area contributed by atoms with E-state index in [1.807, 2.05) is 30.3 Å². The number of halogens is 1. The maximum atomic E-state index is 13.0. The van der Waals surface area contributed by atoms with Crippen LogP contribution in [0.15, 0.2) is 69.8 Å². The number of thiophene rings is 1. The lowest BCUT2D eigenvalue weighted by Gasteiger charge is -2.22. The van der Waals surface area contributed by atoms with Crippen molar-refractivity contribution in [2.75, 3.05) is 0 Å². The van der Waals surface area contributed by atoms with E-state index in [1.165, 1.54) is 16.3 Å². The van der Waals surface area contributed by atoms with Crippen LogP contribution in [0.25, 0.3) is 0 Å². The Morgan fingerprint density at radius 2 is 2.04 bits per heavy atom. The van der Waals surface area contributed by atoms with Crippen molar-refractivity contribution in [3.8, 4) is 5.75 Å². The van der Waals surface area contributed by atoms with Crippen molar-refractivity contribution in [1.29, 1.82) is 0 Å². The number of hydrogen-bond acceptors (Lipinski definition) is 5. The maximum Gasteiger partial charge on any atom is 0.284 e. The van der Waals surface area contributed by atoms with Gasteiger partial charge in [-0.1, -0.05) is 24.3 Å². The molecule has 0 saturated carbocycles. The number of nitrogens with zero attached hydrogens (tertiary/aromatic N) is 3. The van der Waals surface area contributed by atoms with Crippen molar-refractivity contribution in [3.05, 3.63) is 80.7 Å². The Morgan fingerprint density at radius 3 is 2.73 bits per heavy atom. The number of phenols is 1. The number of amides is 1. The summed E-state index contributed by atoms with van der Waals surface area (Å²) >= 11 is 4.76. The van der Waals surface area contributed by atoms with Crippen LogP contribution >= 0.6 is 27.3 Å². The summed E-state index contributed by atoms with van der Waals surface area (Å²) in [6.45, 7) is 0. The van der Waals surface area contributed by atoms with Gasteiger partial charge in [-0.25, -0.2) is 5.01 Å². The Kier molecular flexibility index (Phi) is 4.57. The zero-order chi connectivity index (χ0) is 18.1. The first-order valence-electron chi connectivity index (χ1n) is 7.98. The quantitative estimate of drug-likeness (QED) is 0.663. The second kappa shape index (κ2) is 7.01. The van der Waals surface area contributed by atoms with E-state index in [9.17, 15) is 9.90 Å². The summed E-state index contributed by atoms with van der Waals surface area (Å²) in [6, 6.07) is 14.1. The van der Waals surface area contributed by atoms with Crippen molar-refractivity contribution in [3.63, 3.8) is 0 Å². The summed E-state index contributed by atoms with van der Waals surface area (Å²) in [5.41, 5.74) is 2.32. The van der Waals surface area contributed by atoms with Crippen molar-refractivity contribution in [2.24, 2.45) is 5.10 Å². The molecule has 1 atom stereocenters. The molecule has 2 aromatic heterocycles. The number of carbonyl (C=O) groups is 1. The average molecular weight is 428 g/mol. The molecule has 4 rings (SSSR count). The standard InChI is InChI=1S/C19H14BrN3O2S/c20-18-8-7-17(26-18)19(25)23-15(13-5-1-2-6-16(13)24)10-14(22-23)12-4-3-9-21-11-12/h1-9,11,15,24H,10H2. The highest BCUT2D eigenvalue weighted by Crippen LogP contribution is 2.38. The molecule has 1 aliphatic heterocycles. The lowest BCUT2D eigenvalue weighted by molar-refractivity contribution is 0.0714. The van der Waals surface area contributed by atoms with E-state index in [0.29, 0.717) is 16.9 Å². The number of benzene rings is 1. The minimum Gasteiger partial charge on any atom is -0.508 e. The summed E-state index contributed by atoms with van der Waals surface area (Å²) in [5.74, 6) is -0.0295. The lowest BCUT2D eigenvalue weighted by Crippen LogP contribution is -2.26. The van der Waals surface area contributed by atoms with Crippen molar-refractivity contribution < 1.29 is 9.90 Å². The number of rotatable bonds is 3. The molecular weight excluding hydrogens is 414 g/mol. The monoisotopic (exact) mass is 427 g/mol. The Bertz CT molecular complexity index is 987. The molecule has 1 unspecified atom stereocenters. The van der Waals surface area contributed by atoms with Gasteiger partial charge in [-0.15, -0.1) is 11.3 Å². The number of aromatic nitrogens is 1.